The minimum atomic E-state index is 0.0558. The van der Waals surface area contributed by atoms with Crippen LogP contribution in [0.25, 0.3) is 10.9 Å². The monoisotopic (exact) mass is 292 g/mol. The molecule has 5 heteroatoms. The van der Waals surface area contributed by atoms with Crippen molar-refractivity contribution in [1.82, 2.24) is 20.1 Å². The lowest BCUT2D eigenvalue weighted by Crippen LogP contribution is -2.28. The van der Waals surface area contributed by atoms with Crippen molar-refractivity contribution in [3.63, 3.8) is 0 Å². The summed E-state index contributed by atoms with van der Waals surface area (Å²) >= 11 is 0. The number of H-pyrrole nitrogens is 1. The summed E-state index contributed by atoms with van der Waals surface area (Å²) in [5.74, 6) is 0.403. The van der Waals surface area contributed by atoms with Crippen molar-refractivity contribution >= 4 is 16.8 Å². The van der Waals surface area contributed by atoms with Gasteiger partial charge in [-0.25, -0.2) is 0 Å². The Bertz CT molecular complexity index is 812. The van der Waals surface area contributed by atoms with E-state index >= 15 is 0 Å². The van der Waals surface area contributed by atoms with Gasteiger partial charge in [0.2, 0.25) is 0 Å². The molecule has 3 aromatic rings. The van der Waals surface area contributed by atoms with Crippen LogP contribution in [0.5, 0.6) is 0 Å². The number of fused-ring (bicyclic) bond motifs is 1. The number of aromatic nitrogens is 3. The maximum atomic E-state index is 12.7. The Hall–Kier alpha value is -2.69. The third-order valence-corrected chi connectivity index (χ3v) is 4.27. The summed E-state index contributed by atoms with van der Waals surface area (Å²) in [6.45, 7) is 1.50. The third kappa shape index (κ3) is 2.24. The number of aromatic amines is 1. The first kappa shape index (κ1) is 13.0. The van der Waals surface area contributed by atoms with Crippen LogP contribution in [-0.2, 0) is 0 Å². The van der Waals surface area contributed by atoms with Crippen molar-refractivity contribution in [3.05, 3.63) is 60.0 Å². The number of nitrogens with one attached hydrogen (secondary N) is 1. The fourth-order valence-corrected chi connectivity index (χ4v) is 3.06. The van der Waals surface area contributed by atoms with Gasteiger partial charge >= 0.3 is 0 Å². The van der Waals surface area contributed by atoms with Gasteiger partial charge in [-0.1, -0.05) is 18.2 Å². The van der Waals surface area contributed by atoms with E-state index in [2.05, 4.69) is 15.2 Å². The van der Waals surface area contributed by atoms with Gasteiger partial charge in [0.1, 0.15) is 0 Å². The maximum Gasteiger partial charge on any atom is 0.255 e. The summed E-state index contributed by atoms with van der Waals surface area (Å²) < 4.78 is 0. The molecule has 0 saturated carbocycles. The van der Waals surface area contributed by atoms with Gasteiger partial charge in [0.25, 0.3) is 5.91 Å². The summed E-state index contributed by atoms with van der Waals surface area (Å²) in [5.41, 5.74) is 2.67. The highest BCUT2D eigenvalue weighted by Crippen LogP contribution is 2.26. The minimum absolute atomic E-state index is 0.0558. The Labute approximate surface area is 128 Å². The molecule has 0 aliphatic carbocycles. The first-order valence-corrected chi connectivity index (χ1v) is 7.44. The lowest BCUT2D eigenvalue weighted by Gasteiger charge is -2.16. The molecule has 110 valence electrons. The molecule has 0 spiro atoms. The number of benzene rings is 1. The zero-order chi connectivity index (χ0) is 14.9. The summed E-state index contributed by atoms with van der Waals surface area (Å²) in [6, 6.07) is 11.8. The van der Waals surface area contributed by atoms with Gasteiger partial charge in [-0.05, 0) is 24.6 Å². The molecule has 0 radical (unpaired) electrons. The SMILES string of the molecule is O=C(c1cnc2ccccc2c1)N1CC[C@H](c2ccn[nH]2)C1. The minimum Gasteiger partial charge on any atom is -0.338 e. The van der Waals surface area contributed by atoms with Gasteiger partial charge in [-0.2, -0.15) is 5.10 Å². The third-order valence-electron chi connectivity index (χ3n) is 4.27. The molecular formula is C17H16N4O. The van der Waals surface area contributed by atoms with Crippen LogP contribution in [0.4, 0.5) is 0 Å². The van der Waals surface area contributed by atoms with Gasteiger partial charge in [0.15, 0.2) is 0 Å². The Morgan fingerprint density at radius 3 is 3.05 bits per heavy atom. The van der Waals surface area contributed by atoms with Gasteiger partial charge in [0, 0.05) is 42.5 Å². The maximum absolute atomic E-state index is 12.7. The summed E-state index contributed by atoms with van der Waals surface area (Å²) in [7, 11) is 0. The number of carbonyl (C=O) groups is 1. The van der Waals surface area contributed by atoms with E-state index in [1.165, 1.54) is 0 Å². The highest BCUT2D eigenvalue weighted by molar-refractivity contribution is 5.97. The molecule has 1 aromatic carbocycles. The van der Waals surface area contributed by atoms with E-state index in [9.17, 15) is 4.79 Å². The number of carbonyl (C=O) groups excluding carboxylic acids is 1. The largest absolute Gasteiger partial charge is 0.338 e. The zero-order valence-electron chi connectivity index (χ0n) is 12.1. The molecular weight excluding hydrogens is 276 g/mol. The quantitative estimate of drug-likeness (QED) is 0.789. The number of likely N-dealkylation sites (tertiary alicyclic amines) is 1. The molecule has 4 rings (SSSR count). The first-order valence-electron chi connectivity index (χ1n) is 7.44. The number of hydrogen-bond acceptors (Lipinski definition) is 3. The van der Waals surface area contributed by atoms with E-state index in [4.69, 9.17) is 0 Å². The van der Waals surface area contributed by atoms with E-state index in [1.54, 1.807) is 12.4 Å². The second-order valence-corrected chi connectivity index (χ2v) is 5.67. The van der Waals surface area contributed by atoms with Crippen LogP contribution in [-0.4, -0.2) is 39.1 Å². The Morgan fingerprint density at radius 2 is 2.18 bits per heavy atom. The highest BCUT2D eigenvalue weighted by Gasteiger charge is 2.28. The van der Waals surface area contributed by atoms with Crippen LogP contribution in [0, 0.1) is 0 Å². The first-order chi connectivity index (χ1) is 10.8. The molecule has 0 bridgehead atoms. The Kier molecular flexibility index (Phi) is 3.11. The average molecular weight is 292 g/mol. The molecule has 22 heavy (non-hydrogen) atoms. The smallest absolute Gasteiger partial charge is 0.255 e. The molecule has 1 saturated heterocycles. The molecule has 1 N–H and O–H groups in total. The van der Waals surface area contributed by atoms with Gasteiger partial charge in [-0.3, -0.25) is 14.9 Å². The fourth-order valence-electron chi connectivity index (χ4n) is 3.06. The van der Waals surface area contributed by atoms with Crippen molar-refractivity contribution in [3.8, 4) is 0 Å². The summed E-state index contributed by atoms with van der Waals surface area (Å²) in [4.78, 5) is 18.9. The number of para-hydroxylation sites is 1. The molecule has 2 aromatic heterocycles. The van der Waals surface area contributed by atoms with Crippen molar-refractivity contribution in [2.24, 2.45) is 0 Å². The van der Waals surface area contributed by atoms with E-state index in [0.717, 1.165) is 36.1 Å². The van der Waals surface area contributed by atoms with Crippen LogP contribution < -0.4 is 0 Å². The number of hydrogen-bond donors (Lipinski definition) is 1. The predicted octanol–water partition coefficient (Wildman–Crippen LogP) is 2.59. The predicted molar refractivity (Wildman–Crippen MR) is 83.6 cm³/mol. The van der Waals surface area contributed by atoms with Gasteiger partial charge in [-0.15, -0.1) is 0 Å². The van der Waals surface area contributed by atoms with E-state index in [-0.39, 0.29) is 5.91 Å². The molecule has 1 amide bonds. The van der Waals surface area contributed by atoms with Crippen molar-refractivity contribution in [1.29, 1.82) is 0 Å². The number of amides is 1. The molecule has 5 nitrogen and oxygen atoms in total. The van der Waals surface area contributed by atoms with Crippen molar-refractivity contribution in [2.75, 3.05) is 13.1 Å². The van der Waals surface area contributed by atoms with E-state index in [0.29, 0.717) is 11.5 Å². The van der Waals surface area contributed by atoms with Crippen molar-refractivity contribution in [2.45, 2.75) is 12.3 Å². The summed E-state index contributed by atoms with van der Waals surface area (Å²) in [6.07, 6.45) is 4.40. The molecule has 1 aliphatic rings. The Balaban J connectivity index is 1.56. The Morgan fingerprint density at radius 1 is 1.27 bits per heavy atom. The van der Waals surface area contributed by atoms with Crippen LogP contribution in [0.1, 0.15) is 28.4 Å². The molecule has 0 unspecified atom stereocenters. The summed E-state index contributed by atoms with van der Waals surface area (Å²) in [5, 5.41) is 7.99. The van der Waals surface area contributed by atoms with E-state index < -0.39 is 0 Å². The normalized spacial score (nSPS) is 18.0. The van der Waals surface area contributed by atoms with Gasteiger partial charge < -0.3 is 4.90 Å². The molecule has 1 aliphatic heterocycles. The number of nitrogens with zero attached hydrogens (tertiary/aromatic N) is 3. The lowest BCUT2D eigenvalue weighted by atomic mass is 10.1. The lowest BCUT2D eigenvalue weighted by molar-refractivity contribution is 0.0790. The van der Waals surface area contributed by atoms with Gasteiger partial charge in [0.05, 0.1) is 11.1 Å². The topological polar surface area (TPSA) is 61.9 Å². The molecule has 3 heterocycles. The average Bonchev–Trinajstić information content (AvgIpc) is 3.24. The number of rotatable bonds is 2. The van der Waals surface area contributed by atoms with Crippen LogP contribution in [0.2, 0.25) is 0 Å². The van der Waals surface area contributed by atoms with Crippen LogP contribution in [0.3, 0.4) is 0 Å². The second-order valence-electron chi connectivity index (χ2n) is 5.67. The van der Waals surface area contributed by atoms with Crippen molar-refractivity contribution < 1.29 is 4.79 Å². The molecule has 1 atom stereocenters. The number of pyridine rings is 1. The van der Waals surface area contributed by atoms with Crippen LogP contribution >= 0.6 is 0 Å². The standard InChI is InChI=1S/C17H16N4O/c22-17(14-9-12-3-1-2-4-15(12)18-10-14)21-8-6-13(11-21)16-5-7-19-20-16/h1-5,7,9-10,13H,6,8,11H2,(H,19,20)/t13-/m0/s1. The molecule has 1 fully saturated rings. The fraction of sp³-hybridized carbons (Fsp3) is 0.235. The van der Waals surface area contributed by atoms with Crippen LogP contribution in [0.15, 0.2) is 48.8 Å². The zero-order valence-corrected chi connectivity index (χ0v) is 12.1. The highest BCUT2D eigenvalue weighted by atomic mass is 16.2. The van der Waals surface area contributed by atoms with E-state index in [1.807, 2.05) is 41.3 Å². The second kappa shape index (κ2) is 5.26.